The highest BCUT2D eigenvalue weighted by molar-refractivity contribution is 6.30. The first-order valence-electron chi connectivity index (χ1n) is 7.64. The van der Waals surface area contributed by atoms with E-state index in [0.29, 0.717) is 12.6 Å². The molecule has 3 nitrogen and oxygen atoms in total. The Bertz CT molecular complexity index is 465. The molecule has 0 amide bonds. The normalized spacial score (nSPS) is 29.4. The van der Waals surface area contributed by atoms with Crippen molar-refractivity contribution in [1.29, 1.82) is 0 Å². The third kappa shape index (κ3) is 2.73. The first kappa shape index (κ1) is 14.3. The molecule has 0 radical (unpaired) electrons. The van der Waals surface area contributed by atoms with Crippen LogP contribution in [0.15, 0.2) is 24.3 Å². The average molecular weight is 294 g/mol. The summed E-state index contributed by atoms with van der Waals surface area (Å²) in [5, 5.41) is 0.799. The van der Waals surface area contributed by atoms with Crippen LogP contribution in [0.4, 0.5) is 0 Å². The summed E-state index contributed by atoms with van der Waals surface area (Å²) in [7, 11) is 0. The number of halogens is 1. The summed E-state index contributed by atoms with van der Waals surface area (Å²) in [6.07, 6.45) is 2.67. The van der Waals surface area contributed by atoms with E-state index in [1.165, 1.54) is 31.5 Å². The van der Waals surface area contributed by atoms with Gasteiger partial charge in [-0.3, -0.25) is 9.80 Å². The highest BCUT2D eigenvalue weighted by Crippen LogP contribution is 2.31. The molecule has 110 valence electrons. The maximum absolute atomic E-state index is 6.14. The van der Waals surface area contributed by atoms with Crippen LogP contribution >= 0.6 is 11.6 Å². The van der Waals surface area contributed by atoms with E-state index in [1.807, 2.05) is 12.1 Å². The molecule has 2 aliphatic heterocycles. The summed E-state index contributed by atoms with van der Waals surface area (Å²) in [6.45, 7) is 6.55. The summed E-state index contributed by atoms with van der Waals surface area (Å²) in [5.41, 5.74) is 7.34. The third-order valence-corrected chi connectivity index (χ3v) is 5.08. The Labute approximate surface area is 126 Å². The summed E-state index contributed by atoms with van der Waals surface area (Å²) >= 11 is 6.14. The van der Waals surface area contributed by atoms with Gasteiger partial charge in [0.1, 0.15) is 0 Å². The fraction of sp³-hybridized carbons (Fsp3) is 0.625. The van der Waals surface area contributed by atoms with Gasteiger partial charge in [-0.05, 0) is 44.0 Å². The number of piperazine rings is 1. The molecule has 3 rings (SSSR count). The maximum Gasteiger partial charge on any atom is 0.0475 e. The Balaban J connectivity index is 1.81. The SMILES string of the molecule is CC1CN2CCCC2CN1C(CN)c1cccc(Cl)c1. The second-order valence-electron chi connectivity index (χ2n) is 6.14. The zero-order valence-electron chi connectivity index (χ0n) is 12.1. The zero-order valence-corrected chi connectivity index (χ0v) is 12.9. The number of fused-ring (bicyclic) bond motifs is 1. The highest BCUT2D eigenvalue weighted by Gasteiger charge is 2.37. The molecular formula is C16H24ClN3. The number of benzene rings is 1. The van der Waals surface area contributed by atoms with Gasteiger partial charge in [0.2, 0.25) is 0 Å². The minimum Gasteiger partial charge on any atom is -0.329 e. The molecule has 4 heteroatoms. The number of hydrogen-bond donors (Lipinski definition) is 1. The predicted molar refractivity (Wildman–Crippen MR) is 84.0 cm³/mol. The van der Waals surface area contributed by atoms with Crippen LogP contribution in [-0.4, -0.2) is 48.1 Å². The lowest BCUT2D eigenvalue weighted by Gasteiger charge is -2.46. The van der Waals surface area contributed by atoms with Gasteiger partial charge in [0, 0.05) is 42.8 Å². The fourth-order valence-corrected chi connectivity index (χ4v) is 4.02. The summed E-state index contributed by atoms with van der Waals surface area (Å²) in [4.78, 5) is 5.23. The first-order valence-corrected chi connectivity index (χ1v) is 8.02. The summed E-state index contributed by atoms with van der Waals surface area (Å²) in [5.74, 6) is 0. The van der Waals surface area contributed by atoms with Crippen molar-refractivity contribution < 1.29 is 0 Å². The van der Waals surface area contributed by atoms with E-state index in [-0.39, 0.29) is 6.04 Å². The third-order valence-electron chi connectivity index (χ3n) is 4.84. The molecule has 2 heterocycles. The van der Waals surface area contributed by atoms with Gasteiger partial charge in [-0.25, -0.2) is 0 Å². The van der Waals surface area contributed by atoms with E-state index in [0.717, 1.165) is 17.6 Å². The Morgan fingerprint density at radius 1 is 1.40 bits per heavy atom. The van der Waals surface area contributed by atoms with Crippen LogP contribution in [0.3, 0.4) is 0 Å². The van der Waals surface area contributed by atoms with Gasteiger partial charge in [0.15, 0.2) is 0 Å². The predicted octanol–water partition coefficient (Wildman–Crippen LogP) is 2.51. The Morgan fingerprint density at radius 3 is 3.00 bits per heavy atom. The molecule has 20 heavy (non-hydrogen) atoms. The Hall–Kier alpha value is -0.610. The molecule has 0 aromatic heterocycles. The van der Waals surface area contributed by atoms with Gasteiger partial charge >= 0.3 is 0 Å². The molecular weight excluding hydrogens is 270 g/mol. The minimum atomic E-state index is 0.284. The molecule has 3 unspecified atom stereocenters. The van der Waals surface area contributed by atoms with Gasteiger partial charge in [-0.1, -0.05) is 23.7 Å². The van der Waals surface area contributed by atoms with Crippen molar-refractivity contribution in [1.82, 2.24) is 9.80 Å². The van der Waals surface area contributed by atoms with E-state index < -0.39 is 0 Å². The second kappa shape index (κ2) is 6.02. The lowest BCUT2D eigenvalue weighted by Crippen LogP contribution is -2.56. The van der Waals surface area contributed by atoms with Crippen molar-refractivity contribution in [2.24, 2.45) is 5.73 Å². The molecule has 0 bridgehead atoms. The van der Waals surface area contributed by atoms with Gasteiger partial charge in [0.05, 0.1) is 0 Å². The van der Waals surface area contributed by atoms with Gasteiger partial charge in [0.25, 0.3) is 0 Å². The summed E-state index contributed by atoms with van der Waals surface area (Å²) in [6, 6.07) is 9.72. The topological polar surface area (TPSA) is 32.5 Å². The van der Waals surface area contributed by atoms with E-state index in [4.69, 9.17) is 17.3 Å². The molecule has 2 aliphatic rings. The first-order chi connectivity index (χ1) is 9.69. The smallest absolute Gasteiger partial charge is 0.0475 e. The van der Waals surface area contributed by atoms with E-state index in [2.05, 4.69) is 28.9 Å². The Morgan fingerprint density at radius 2 is 2.25 bits per heavy atom. The van der Waals surface area contributed by atoms with Gasteiger partial charge in [-0.15, -0.1) is 0 Å². The maximum atomic E-state index is 6.14. The molecule has 2 fully saturated rings. The number of hydrogen-bond acceptors (Lipinski definition) is 3. The van der Waals surface area contributed by atoms with Crippen LogP contribution in [0.1, 0.15) is 31.4 Å². The van der Waals surface area contributed by atoms with Crippen molar-refractivity contribution in [3.63, 3.8) is 0 Å². The molecule has 0 aliphatic carbocycles. The van der Waals surface area contributed by atoms with Gasteiger partial charge < -0.3 is 5.73 Å². The van der Waals surface area contributed by atoms with Crippen LogP contribution in [0, 0.1) is 0 Å². The van der Waals surface area contributed by atoms with Crippen LogP contribution in [-0.2, 0) is 0 Å². The van der Waals surface area contributed by atoms with Crippen molar-refractivity contribution >= 4 is 11.6 Å². The molecule has 1 aromatic rings. The number of nitrogens with two attached hydrogens (primary N) is 1. The number of nitrogens with zero attached hydrogens (tertiary/aromatic N) is 2. The molecule has 3 atom stereocenters. The standard InChI is InChI=1S/C16H24ClN3/c1-12-10-19-7-3-6-15(19)11-20(12)16(9-18)13-4-2-5-14(17)8-13/h2,4-5,8,12,15-16H,3,6-7,9-11,18H2,1H3. The van der Waals surface area contributed by atoms with Crippen molar-refractivity contribution in [3.05, 3.63) is 34.9 Å². The fourth-order valence-electron chi connectivity index (χ4n) is 3.82. The lowest BCUT2D eigenvalue weighted by atomic mass is 9.99. The van der Waals surface area contributed by atoms with Gasteiger partial charge in [-0.2, -0.15) is 0 Å². The molecule has 2 N–H and O–H groups in total. The van der Waals surface area contributed by atoms with E-state index in [1.54, 1.807) is 0 Å². The Kier molecular flexibility index (Phi) is 4.32. The van der Waals surface area contributed by atoms with E-state index in [9.17, 15) is 0 Å². The van der Waals surface area contributed by atoms with Crippen LogP contribution in [0.5, 0.6) is 0 Å². The second-order valence-corrected chi connectivity index (χ2v) is 6.58. The average Bonchev–Trinajstić information content (AvgIpc) is 2.87. The van der Waals surface area contributed by atoms with Crippen LogP contribution in [0.2, 0.25) is 5.02 Å². The largest absolute Gasteiger partial charge is 0.329 e. The van der Waals surface area contributed by atoms with Crippen molar-refractivity contribution in [2.75, 3.05) is 26.2 Å². The van der Waals surface area contributed by atoms with Crippen LogP contribution in [0.25, 0.3) is 0 Å². The molecule has 0 spiro atoms. The van der Waals surface area contributed by atoms with Crippen molar-refractivity contribution in [3.8, 4) is 0 Å². The monoisotopic (exact) mass is 293 g/mol. The number of rotatable bonds is 3. The lowest BCUT2D eigenvalue weighted by molar-refractivity contribution is 0.0296. The minimum absolute atomic E-state index is 0.284. The van der Waals surface area contributed by atoms with E-state index >= 15 is 0 Å². The highest BCUT2D eigenvalue weighted by atomic mass is 35.5. The molecule has 2 saturated heterocycles. The molecule has 0 saturated carbocycles. The van der Waals surface area contributed by atoms with Crippen LogP contribution < -0.4 is 5.73 Å². The quantitative estimate of drug-likeness (QED) is 0.929. The zero-order chi connectivity index (χ0) is 14.1. The molecule has 1 aromatic carbocycles. The summed E-state index contributed by atoms with van der Waals surface area (Å²) < 4.78 is 0. The van der Waals surface area contributed by atoms with Crippen molar-refractivity contribution in [2.45, 2.75) is 37.9 Å².